The molecule has 0 fully saturated rings. The van der Waals surface area contributed by atoms with Crippen molar-refractivity contribution in [1.29, 1.82) is 0 Å². The number of nitrogens with zero attached hydrogens (tertiary/aromatic N) is 2. The fourth-order valence-corrected chi connectivity index (χ4v) is 2.39. The fourth-order valence-electron chi connectivity index (χ4n) is 2.39. The number of aliphatic hydroxyl groups excluding tert-OH is 1. The van der Waals surface area contributed by atoms with Crippen molar-refractivity contribution >= 4 is 11.0 Å². The van der Waals surface area contributed by atoms with Crippen LogP contribution in [0.5, 0.6) is 0 Å². The van der Waals surface area contributed by atoms with E-state index in [1.165, 1.54) is 0 Å². The minimum absolute atomic E-state index is 0.674. The predicted octanol–water partition coefficient (Wildman–Crippen LogP) is 1.35. The van der Waals surface area contributed by atoms with E-state index in [9.17, 15) is 5.11 Å². The molecule has 0 aromatic carbocycles. The Balaban J connectivity index is 2.26. The van der Waals surface area contributed by atoms with E-state index in [0.717, 1.165) is 27.7 Å². The lowest BCUT2D eigenvalue weighted by atomic mass is 9.91. The molecular formula is C11H8N4O. The number of aliphatic hydroxyl groups is 1. The second-order valence-electron chi connectivity index (χ2n) is 3.91. The van der Waals surface area contributed by atoms with Crippen LogP contribution in [-0.4, -0.2) is 25.3 Å². The molecule has 3 N–H and O–H groups in total. The van der Waals surface area contributed by atoms with Gasteiger partial charge in [0.2, 0.25) is 0 Å². The van der Waals surface area contributed by atoms with E-state index in [2.05, 4.69) is 20.2 Å². The molecule has 0 aliphatic heterocycles. The zero-order chi connectivity index (χ0) is 10.7. The summed E-state index contributed by atoms with van der Waals surface area (Å²) in [6.45, 7) is 0. The number of hydrogen-bond donors (Lipinski definition) is 3. The highest BCUT2D eigenvalue weighted by atomic mass is 16.3. The molecule has 0 saturated carbocycles. The largest absolute Gasteiger partial charge is 0.382 e. The van der Waals surface area contributed by atoms with Gasteiger partial charge < -0.3 is 10.1 Å². The van der Waals surface area contributed by atoms with Crippen molar-refractivity contribution in [2.24, 2.45) is 0 Å². The third kappa shape index (κ3) is 0.761. The summed E-state index contributed by atoms with van der Waals surface area (Å²) < 4.78 is 0. The molecule has 1 unspecified atom stereocenters. The van der Waals surface area contributed by atoms with Gasteiger partial charge in [-0.3, -0.25) is 5.10 Å². The number of aromatic nitrogens is 4. The Kier molecular flexibility index (Phi) is 1.26. The lowest BCUT2D eigenvalue weighted by Gasteiger charge is -2.16. The summed E-state index contributed by atoms with van der Waals surface area (Å²) in [4.78, 5) is 7.30. The quantitative estimate of drug-likeness (QED) is 0.526. The molecule has 16 heavy (non-hydrogen) atoms. The van der Waals surface area contributed by atoms with Crippen molar-refractivity contribution in [1.82, 2.24) is 20.2 Å². The number of aromatic amines is 2. The third-order valence-electron chi connectivity index (χ3n) is 3.12. The average Bonchev–Trinajstić information content (AvgIpc) is 2.93. The van der Waals surface area contributed by atoms with Gasteiger partial charge >= 0.3 is 0 Å². The van der Waals surface area contributed by atoms with E-state index in [1.54, 1.807) is 12.4 Å². The standard InChI is InChI=1S/C11H8N4O/c16-10-7-3-13-11-8(7)5(1-2-12-11)6-4-14-15-9(6)10/h1-4,10,16H,(H,12,13)(H,14,15). The summed E-state index contributed by atoms with van der Waals surface area (Å²) in [5.74, 6) is 0. The van der Waals surface area contributed by atoms with Crippen LogP contribution in [0.1, 0.15) is 17.4 Å². The monoisotopic (exact) mass is 212 g/mol. The Morgan fingerprint density at radius 2 is 2.19 bits per heavy atom. The third-order valence-corrected chi connectivity index (χ3v) is 3.12. The first-order valence-corrected chi connectivity index (χ1v) is 5.04. The number of H-pyrrole nitrogens is 2. The number of pyridine rings is 1. The van der Waals surface area contributed by atoms with Gasteiger partial charge in [-0.25, -0.2) is 4.98 Å². The van der Waals surface area contributed by atoms with E-state index >= 15 is 0 Å². The van der Waals surface area contributed by atoms with E-state index in [0.29, 0.717) is 5.69 Å². The second-order valence-corrected chi connectivity index (χ2v) is 3.91. The first-order valence-electron chi connectivity index (χ1n) is 5.04. The highest BCUT2D eigenvalue weighted by molar-refractivity contribution is 5.98. The van der Waals surface area contributed by atoms with Crippen LogP contribution in [0.4, 0.5) is 0 Å². The maximum Gasteiger partial charge on any atom is 0.138 e. The highest BCUT2D eigenvalue weighted by Gasteiger charge is 2.28. The lowest BCUT2D eigenvalue weighted by molar-refractivity contribution is 0.216. The van der Waals surface area contributed by atoms with E-state index in [4.69, 9.17) is 0 Å². The molecular weight excluding hydrogens is 204 g/mol. The molecule has 0 amide bonds. The topological polar surface area (TPSA) is 77.6 Å². The van der Waals surface area contributed by atoms with Crippen molar-refractivity contribution in [2.45, 2.75) is 6.10 Å². The van der Waals surface area contributed by atoms with Gasteiger partial charge in [0.1, 0.15) is 17.4 Å². The molecule has 78 valence electrons. The molecule has 4 rings (SSSR count). The smallest absolute Gasteiger partial charge is 0.138 e. The van der Waals surface area contributed by atoms with Gasteiger partial charge in [-0.15, -0.1) is 0 Å². The molecule has 0 spiro atoms. The van der Waals surface area contributed by atoms with Crippen molar-refractivity contribution in [3.63, 3.8) is 0 Å². The summed E-state index contributed by atoms with van der Waals surface area (Å²) in [5, 5.41) is 18.1. The lowest BCUT2D eigenvalue weighted by Crippen LogP contribution is -2.05. The van der Waals surface area contributed by atoms with Crippen LogP contribution in [0, 0.1) is 0 Å². The van der Waals surface area contributed by atoms with Crippen LogP contribution in [-0.2, 0) is 0 Å². The number of fused-ring (bicyclic) bond motifs is 2. The summed E-state index contributed by atoms with van der Waals surface area (Å²) in [6, 6.07) is 1.94. The summed E-state index contributed by atoms with van der Waals surface area (Å²) in [5.41, 5.74) is 4.35. The summed E-state index contributed by atoms with van der Waals surface area (Å²) in [7, 11) is 0. The van der Waals surface area contributed by atoms with E-state index in [-0.39, 0.29) is 0 Å². The van der Waals surface area contributed by atoms with E-state index < -0.39 is 6.10 Å². The molecule has 3 heterocycles. The molecule has 0 bridgehead atoms. The molecule has 0 radical (unpaired) electrons. The Morgan fingerprint density at radius 1 is 1.25 bits per heavy atom. The Hall–Kier alpha value is -2.14. The number of hydrogen-bond acceptors (Lipinski definition) is 3. The minimum atomic E-state index is -0.674. The predicted molar refractivity (Wildman–Crippen MR) is 57.7 cm³/mol. The summed E-state index contributed by atoms with van der Waals surface area (Å²) >= 11 is 0. The molecule has 0 saturated heterocycles. The molecule has 1 atom stereocenters. The molecule has 5 heteroatoms. The van der Waals surface area contributed by atoms with Crippen LogP contribution < -0.4 is 0 Å². The van der Waals surface area contributed by atoms with Crippen LogP contribution >= 0.6 is 0 Å². The first-order chi connectivity index (χ1) is 7.86. The van der Waals surface area contributed by atoms with Gasteiger partial charge in [-0.2, -0.15) is 5.10 Å². The molecule has 3 aromatic heterocycles. The zero-order valence-electron chi connectivity index (χ0n) is 8.23. The van der Waals surface area contributed by atoms with Crippen LogP contribution in [0.3, 0.4) is 0 Å². The van der Waals surface area contributed by atoms with E-state index in [1.807, 2.05) is 12.3 Å². The molecule has 3 aromatic rings. The van der Waals surface area contributed by atoms with Crippen molar-refractivity contribution < 1.29 is 5.11 Å². The normalized spacial score (nSPS) is 17.7. The van der Waals surface area contributed by atoms with Gasteiger partial charge in [-0.05, 0) is 11.6 Å². The summed E-state index contributed by atoms with van der Waals surface area (Å²) in [6.07, 6.45) is 4.69. The zero-order valence-corrected chi connectivity index (χ0v) is 8.23. The Bertz CT molecular complexity index is 697. The minimum Gasteiger partial charge on any atom is -0.382 e. The average molecular weight is 212 g/mol. The van der Waals surface area contributed by atoms with Crippen LogP contribution in [0.25, 0.3) is 22.2 Å². The van der Waals surface area contributed by atoms with Crippen molar-refractivity contribution in [2.75, 3.05) is 0 Å². The van der Waals surface area contributed by atoms with Crippen molar-refractivity contribution in [3.8, 4) is 11.1 Å². The second kappa shape index (κ2) is 2.51. The van der Waals surface area contributed by atoms with Gasteiger partial charge in [0, 0.05) is 35.1 Å². The Labute approximate surface area is 90.1 Å². The van der Waals surface area contributed by atoms with Crippen LogP contribution in [0.15, 0.2) is 24.7 Å². The van der Waals surface area contributed by atoms with Crippen molar-refractivity contribution in [3.05, 3.63) is 35.9 Å². The first kappa shape index (κ1) is 8.06. The van der Waals surface area contributed by atoms with Gasteiger partial charge in [0.15, 0.2) is 0 Å². The molecule has 1 aliphatic carbocycles. The maximum absolute atomic E-state index is 10.2. The number of rotatable bonds is 0. The van der Waals surface area contributed by atoms with Crippen LogP contribution in [0.2, 0.25) is 0 Å². The molecule has 5 nitrogen and oxygen atoms in total. The maximum atomic E-state index is 10.2. The SMILES string of the molecule is OC1c2n[nH]cc2-c2ccnc3[nH]cc1c23. The molecule has 1 aliphatic rings. The fraction of sp³-hybridized carbons (Fsp3) is 0.0909. The number of nitrogens with one attached hydrogen (secondary N) is 2. The van der Waals surface area contributed by atoms with Gasteiger partial charge in [-0.1, -0.05) is 0 Å². The van der Waals surface area contributed by atoms with Gasteiger partial charge in [0.25, 0.3) is 0 Å². The Morgan fingerprint density at radius 3 is 3.12 bits per heavy atom. The highest BCUT2D eigenvalue weighted by Crippen LogP contribution is 2.42. The van der Waals surface area contributed by atoms with Gasteiger partial charge in [0.05, 0.1) is 0 Å².